The lowest BCUT2D eigenvalue weighted by molar-refractivity contribution is -0.281. The Labute approximate surface area is 182 Å². The van der Waals surface area contributed by atoms with Gasteiger partial charge in [0.15, 0.2) is 6.29 Å². The fraction of sp³-hybridized carbons (Fsp3) is 0.824. The van der Waals surface area contributed by atoms with Crippen molar-refractivity contribution in [1.29, 1.82) is 0 Å². The van der Waals surface area contributed by atoms with Gasteiger partial charge in [0, 0.05) is 6.92 Å². The number of carboxylic acids is 1. The van der Waals surface area contributed by atoms with Crippen molar-refractivity contribution >= 4 is 18.2 Å². The summed E-state index contributed by atoms with van der Waals surface area (Å²) < 4.78 is 10.4. The van der Waals surface area contributed by atoms with E-state index in [0.29, 0.717) is 0 Å². The summed E-state index contributed by atoms with van der Waals surface area (Å²) in [5.41, 5.74) is -2.59. The van der Waals surface area contributed by atoms with Crippen LogP contribution in [-0.4, -0.2) is 133 Å². The second-order valence-corrected chi connectivity index (χ2v) is 7.42. The summed E-state index contributed by atoms with van der Waals surface area (Å²) in [6.45, 7) is 0.170. The number of amides is 1. The lowest BCUT2D eigenvalue weighted by Gasteiger charge is -2.45. The fourth-order valence-electron chi connectivity index (χ4n) is 3.10. The molecule has 0 radical (unpaired) electrons. The number of ether oxygens (including phenoxy) is 2. The number of hydrogen-bond acceptors (Lipinski definition) is 13. The lowest BCUT2D eigenvalue weighted by Crippen LogP contribution is -2.70. The van der Waals surface area contributed by atoms with Gasteiger partial charge < -0.3 is 60.4 Å². The second kappa shape index (κ2) is 11.9. The molecule has 0 bridgehead atoms. The minimum Gasteiger partial charge on any atom is -0.478 e. The maximum absolute atomic E-state index is 11.9. The predicted octanol–water partition coefficient (Wildman–Crippen LogP) is -6.02. The molecule has 15 heteroatoms. The first-order valence-corrected chi connectivity index (χ1v) is 9.51. The fourth-order valence-corrected chi connectivity index (χ4v) is 3.10. The minimum absolute atomic E-state index is 0.0135. The molecule has 1 aliphatic rings. The van der Waals surface area contributed by atoms with E-state index in [1.807, 2.05) is 0 Å². The van der Waals surface area contributed by atoms with Crippen LogP contribution in [0.25, 0.3) is 0 Å². The molecule has 1 aliphatic heterocycles. The molecule has 0 spiro atoms. The summed E-state index contributed by atoms with van der Waals surface area (Å²) in [5, 5.41) is 82.2. The quantitative estimate of drug-likeness (QED) is 0.0941. The van der Waals surface area contributed by atoms with Gasteiger partial charge in [-0.2, -0.15) is 0 Å². The molecule has 1 unspecified atom stereocenters. The molecule has 186 valence electrons. The Morgan fingerprint density at radius 2 is 1.78 bits per heavy atom. The highest BCUT2D eigenvalue weighted by Gasteiger charge is 2.51. The van der Waals surface area contributed by atoms with Crippen LogP contribution < -0.4 is 10.6 Å². The summed E-state index contributed by atoms with van der Waals surface area (Å²) in [5.74, 6) is -2.47. The molecule has 1 saturated heterocycles. The summed E-state index contributed by atoms with van der Waals surface area (Å²) in [7, 11) is 0. The van der Waals surface area contributed by atoms with Crippen molar-refractivity contribution in [2.75, 3.05) is 13.2 Å². The molecule has 10 atom stereocenters. The molecule has 1 amide bonds. The van der Waals surface area contributed by atoms with Crippen molar-refractivity contribution in [1.82, 2.24) is 10.6 Å². The van der Waals surface area contributed by atoms with Crippen LogP contribution in [-0.2, 0) is 23.9 Å². The van der Waals surface area contributed by atoms with Crippen molar-refractivity contribution in [3.8, 4) is 0 Å². The van der Waals surface area contributed by atoms with Gasteiger partial charge in [-0.15, -0.1) is 0 Å². The average Bonchev–Trinajstić information content (AvgIpc) is 2.74. The van der Waals surface area contributed by atoms with Gasteiger partial charge in [-0.25, -0.2) is 4.79 Å². The van der Waals surface area contributed by atoms with Gasteiger partial charge in [0.2, 0.25) is 11.6 Å². The van der Waals surface area contributed by atoms with E-state index >= 15 is 0 Å². The molecule has 1 fully saturated rings. The molecule has 0 saturated carbocycles. The largest absolute Gasteiger partial charge is 0.478 e. The lowest BCUT2D eigenvalue weighted by atomic mass is 9.95. The van der Waals surface area contributed by atoms with Gasteiger partial charge in [-0.05, 0) is 6.92 Å². The molecule has 0 aromatic heterocycles. The third-order valence-electron chi connectivity index (χ3n) is 4.91. The van der Waals surface area contributed by atoms with E-state index in [4.69, 9.17) is 14.6 Å². The molecular weight excluding hydrogens is 440 g/mol. The Hall–Kier alpha value is -1.79. The first-order chi connectivity index (χ1) is 14.8. The molecular formula is C17H30N2O13. The topological polar surface area (TPSA) is 256 Å². The standard InChI is InChI=1S/C17H30N2O13/c1-6(23)18-10-14(13(27)9(5-22)31-15(10)28)32-17(2,16(29)30)19-7(3-20)11(25)12(26)8(24)4-21/h3,7-15,19,21-22,24-28H,4-5H2,1-2H3,(H,18,23)(H,29,30)/t7-,8+,9+,10+,11+,12+,13+,14+,15-,17?/m0/s1. The predicted molar refractivity (Wildman–Crippen MR) is 101 cm³/mol. The molecule has 1 rings (SSSR count). The molecule has 0 aliphatic carbocycles. The molecule has 0 aromatic rings. The van der Waals surface area contributed by atoms with Gasteiger partial charge >= 0.3 is 5.97 Å². The normalized spacial score (nSPS) is 31.6. The summed E-state index contributed by atoms with van der Waals surface area (Å²) in [4.78, 5) is 34.9. The van der Waals surface area contributed by atoms with Crippen molar-refractivity contribution in [2.24, 2.45) is 0 Å². The van der Waals surface area contributed by atoms with Crippen LogP contribution >= 0.6 is 0 Å². The second-order valence-electron chi connectivity index (χ2n) is 7.42. The van der Waals surface area contributed by atoms with E-state index in [0.717, 1.165) is 13.8 Å². The van der Waals surface area contributed by atoms with Crippen molar-refractivity contribution < 1.29 is 64.7 Å². The van der Waals surface area contributed by atoms with Crippen LogP contribution in [0.3, 0.4) is 0 Å². The van der Waals surface area contributed by atoms with Gasteiger partial charge in [0.25, 0.3) is 0 Å². The Morgan fingerprint density at radius 3 is 2.22 bits per heavy atom. The Kier molecular flexibility index (Phi) is 10.5. The summed E-state index contributed by atoms with van der Waals surface area (Å²) in [6.07, 6.45) is -12.7. The Morgan fingerprint density at radius 1 is 1.19 bits per heavy atom. The van der Waals surface area contributed by atoms with Crippen LogP contribution in [0.2, 0.25) is 0 Å². The zero-order chi connectivity index (χ0) is 24.8. The SMILES string of the molecule is CC(=O)N[C@@H]1[C@@H](OC(C)(N[C@@H](C=O)[C@@H](O)[C@H](O)[C@H](O)CO)C(=O)O)[C@H](O)[C@@H](CO)O[C@@H]1O. The number of carboxylic acid groups (broad SMARTS) is 1. The number of hydrogen-bond donors (Lipinski definition) is 10. The number of carbonyl (C=O) groups excluding carboxylic acids is 2. The third-order valence-corrected chi connectivity index (χ3v) is 4.91. The van der Waals surface area contributed by atoms with E-state index in [1.54, 1.807) is 0 Å². The van der Waals surface area contributed by atoms with E-state index in [1.165, 1.54) is 0 Å². The van der Waals surface area contributed by atoms with Crippen LogP contribution in [0.15, 0.2) is 0 Å². The summed E-state index contributed by atoms with van der Waals surface area (Å²) in [6, 6.07) is -3.37. The van der Waals surface area contributed by atoms with Crippen molar-refractivity contribution in [3.05, 3.63) is 0 Å². The van der Waals surface area contributed by atoms with Crippen LogP contribution in [0.4, 0.5) is 0 Å². The van der Waals surface area contributed by atoms with Gasteiger partial charge in [0.1, 0.15) is 49.0 Å². The first-order valence-electron chi connectivity index (χ1n) is 9.51. The van der Waals surface area contributed by atoms with Gasteiger partial charge in [-0.3, -0.25) is 10.1 Å². The number of aldehydes is 1. The van der Waals surface area contributed by atoms with Gasteiger partial charge in [-0.1, -0.05) is 0 Å². The first kappa shape index (κ1) is 28.2. The maximum Gasteiger partial charge on any atom is 0.351 e. The highest BCUT2D eigenvalue weighted by atomic mass is 16.6. The van der Waals surface area contributed by atoms with Gasteiger partial charge in [0.05, 0.1) is 19.3 Å². The van der Waals surface area contributed by atoms with Crippen LogP contribution in [0.5, 0.6) is 0 Å². The average molecular weight is 470 g/mol. The number of rotatable bonds is 12. The maximum atomic E-state index is 11.9. The molecule has 32 heavy (non-hydrogen) atoms. The zero-order valence-electron chi connectivity index (χ0n) is 17.3. The molecule has 1 heterocycles. The number of aliphatic carboxylic acids is 1. The zero-order valence-corrected chi connectivity index (χ0v) is 17.3. The highest BCUT2D eigenvalue weighted by Crippen LogP contribution is 2.26. The van der Waals surface area contributed by atoms with Crippen LogP contribution in [0.1, 0.15) is 13.8 Å². The van der Waals surface area contributed by atoms with E-state index in [-0.39, 0.29) is 6.29 Å². The van der Waals surface area contributed by atoms with Crippen molar-refractivity contribution in [3.63, 3.8) is 0 Å². The number of aliphatic hydroxyl groups is 7. The monoisotopic (exact) mass is 470 g/mol. The molecule has 0 aromatic carbocycles. The summed E-state index contributed by atoms with van der Waals surface area (Å²) >= 11 is 0. The molecule has 15 nitrogen and oxygen atoms in total. The van der Waals surface area contributed by atoms with Crippen LogP contribution in [0, 0.1) is 0 Å². The molecule has 10 N–H and O–H groups in total. The number of aliphatic hydroxyl groups excluding tert-OH is 7. The van der Waals surface area contributed by atoms with Crippen molar-refractivity contribution in [2.45, 2.75) is 74.6 Å². The minimum atomic E-state index is -2.59. The van der Waals surface area contributed by atoms with E-state index in [2.05, 4.69) is 10.6 Å². The Bertz CT molecular complexity index is 652. The van der Waals surface area contributed by atoms with E-state index < -0.39 is 85.8 Å². The third kappa shape index (κ3) is 6.61. The smallest absolute Gasteiger partial charge is 0.351 e. The highest BCUT2D eigenvalue weighted by molar-refractivity contribution is 5.77. The Balaban J connectivity index is 3.24. The number of carbonyl (C=O) groups is 3. The van der Waals surface area contributed by atoms with E-state index in [9.17, 15) is 50.1 Å². The number of nitrogens with one attached hydrogen (secondary N) is 2.